The number of carbonyl (C=O) groups excluding carboxylic acids is 3. The van der Waals surface area contributed by atoms with Gasteiger partial charge in [0, 0.05) is 30.8 Å². The standard InChI is InChI=1S/C18H24ClNO6.Na.H/c1-3-6-17(25-15(21)4-2)26-18(23)20-12-5-7-16(22)24-14-10-8-13(19)9-11-14;;/h8-11,17H,3-7,12H2,1-2H3,(H,20,23);;. The fourth-order valence-corrected chi connectivity index (χ4v) is 2.00. The number of alkyl carbamates (subject to hydrolysis) is 1. The summed E-state index contributed by atoms with van der Waals surface area (Å²) in [4.78, 5) is 34.7. The monoisotopic (exact) mass is 409 g/mol. The molecule has 0 aromatic heterocycles. The third kappa shape index (κ3) is 11.9. The number of esters is 2. The van der Waals surface area contributed by atoms with Gasteiger partial charge in [0.25, 0.3) is 0 Å². The predicted octanol–water partition coefficient (Wildman–Crippen LogP) is 3.18. The van der Waals surface area contributed by atoms with Gasteiger partial charge in [-0.3, -0.25) is 9.59 Å². The summed E-state index contributed by atoms with van der Waals surface area (Å²) in [6, 6.07) is 6.45. The van der Waals surface area contributed by atoms with Crippen molar-refractivity contribution >= 4 is 59.2 Å². The van der Waals surface area contributed by atoms with Crippen LogP contribution < -0.4 is 10.1 Å². The van der Waals surface area contributed by atoms with Crippen LogP contribution >= 0.6 is 11.6 Å². The van der Waals surface area contributed by atoms with E-state index in [1.54, 1.807) is 31.2 Å². The van der Waals surface area contributed by atoms with Crippen LogP contribution in [0.4, 0.5) is 4.79 Å². The van der Waals surface area contributed by atoms with Crippen LogP contribution in [0.25, 0.3) is 0 Å². The maximum absolute atomic E-state index is 11.7. The molecular weight excluding hydrogens is 385 g/mol. The zero-order chi connectivity index (χ0) is 19.4. The first-order valence-corrected chi connectivity index (χ1v) is 8.92. The summed E-state index contributed by atoms with van der Waals surface area (Å²) in [7, 11) is 0. The van der Waals surface area contributed by atoms with Crippen LogP contribution in [-0.2, 0) is 19.1 Å². The Hall–Kier alpha value is -1.28. The minimum atomic E-state index is -0.901. The van der Waals surface area contributed by atoms with Crippen LogP contribution in [-0.4, -0.2) is 60.4 Å². The number of halogens is 1. The van der Waals surface area contributed by atoms with Gasteiger partial charge in [0.2, 0.25) is 6.29 Å². The maximum atomic E-state index is 11.7. The summed E-state index contributed by atoms with van der Waals surface area (Å²) >= 11 is 5.75. The molecule has 1 amide bonds. The van der Waals surface area contributed by atoms with Crippen molar-refractivity contribution in [3.05, 3.63) is 29.3 Å². The Morgan fingerprint density at radius 2 is 1.74 bits per heavy atom. The topological polar surface area (TPSA) is 90.9 Å². The number of rotatable bonds is 10. The van der Waals surface area contributed by atoms with Crippen molar-refractivity contribution in [2.75, 3.05) is 6.54 Å². The third-order valence-electron chi connectivity index (χ3n) is 3.19. The van der Waals surface area contributed by atoms with Crippen LogP contribution in [0, 0.1) is 0 Å². The molecule has 0 fully saturated rings. The van der Waals surface area contributed by atoms with Gasteiger partial charge in [0.1, 0.15) is 5.75 Å². The van der Waals surface area contributed by atoms with E-state index in [0.29, 0.717) is 30.0 Å². The summed E-state index contributed by atoms with van der Waals surface area (Å²) < 4.78 is 15.2. The van der Waals surface area contributed by atoms with E-state index in [1.165, 1.54) is 0 Å². The van der Waals surface area contributed by atoms with Crippen molar-refractivity contribution in [1.82, 2.24) is 5.32 Å². The van der Waals surface area contributed by atoms with Crippen LogP contribution in [0.1, 0.15) is 46.0 Å². The number of amides is 1. The third-order valence-corrected chi connectivity index (χ3v) is 3.44. The molecule has 0 saturated heterocycles. The van der Waals surface area contributed by atoms with Gasteiger partial charge in [-0.05, 0) is 37.1 Å². The molecule has 9 heteroatoms. The van der Waals surface area contributed by atoms with Crippen molar-refractivity contribution in [3.63, 3.8) is 0 Å². The Morgan fingerprint density at radius 3 is 2.33 bits per heavy atom. The molecule has 0 aliphatic rings. The molecule has 0 spiro atoms. The number of carbonyl (C=O) groups is 3. The quantitative estimate of drug-likeness (QED) is 0.210. The Kier molecular flexibility index (Phi) is 14.0. The second-order valence-corrected chi connectivity index (χ2v) is 5.86. The zero-order valence-electron chi connectivity index (χ0n) is 15.0. The van der Waals surface area contributed by atoms with Crippen molar-refractivity contribution in [3.8, 4) is 5.75 Å². The van der Waals surface area contributed by atoms with E-state index in [4.69, 9.17) is 25.8 Å². The van der Waals surface area contributed by atoms with Crippen LogP contribution in [0.2, 0.25) is 5.02 Å². The van der Waals surface area contributed by atoms with Crippen molar-refractivity contribution in [2.45, 2.75) is 52.2 Å². The molecule has 146 valence electrons. The van der Waals surface area contributed by atoms with E-state index >= 15 is 0 Å². The van der Waals surface area contributed by atoms with Gasteiger partial charge in [-0.25, -0.2) is 4.79 Å². The molecule has 1 unspecified atom stereocenters. The zero-order valence-corrected chi connectivity index (χ0v) is 15.7. The van der Waals surface area contributed by atoms with Gasteiger partial charge in [0.15, 0.2) is 0 Å². The summed E-state index contributed by atoms with van der Waals surface area (Å²) in [6.45, 7) is 3.78. The van der Waals surface area contributed by atoms with E-state index in [9.17, 15) is 14.4 Å². The number of ether oxygens (including phenoxy) is 3. The predicted molar refractivity (Wildman–Crippen MR) is 103 cm³/mol. The molecule has 27 heavy (non-hydrogen) atoms. The number of hydrogen-bond donors (Lipinski definition) is 1. The molecule has 0 aliphatic carbocycles. The Balaban J connectivity index is 0.00000676. The number of benzene rings is 1. The SMILES string of the molecule is CCCC(OC(=O)CC)OC(=O)NCCCC(=O)Oc1ccc(Cl)cc1.[NaH]. The van der Waals surface area contributed by atoms with E-state index < -0.39 is 24.3 Å². The molecule has 7 nitrogen and oxygen atoms in total. The van der Waals surface area contributed by atoms with E-state index in [1.807, 2.05) is 6.92 Å². The normalized spacial score (nSPS) is 10.9. The van der Waals surface area contributed by atoms with Crippen molar-refractivity contribution < 1.29 is 28.6 Å². The minimum absolute atomic E-state index is 0. The summed E-state index contributed by atoms with van der Waals surface area (Å²) in [6.07, 6.45) is 0.251. The van der Waals surface area contributed by atoms with E-state index in [2.05, 4.69) is 5.32 Å². The Labute approximate surface area is 186 Å². The fourth-order valence-electron chi connectivity index (χ4n) is 1.88. The van der Waals surface area contributed by atoms with E-state index in [0.717, 1.165) is 0 Å². The number of hydrogen-bond acceptors (Lipinski definition) is 6. The average Bonchev–Trinajstić information content (AvgIpc) is 2.60. The van der Waals surface area contributed by atoms with Crippen LogP contribution in [0.15, 0.2) is 24.3 Å². The van der Waals surface area contributed by atoms with Crippen LogP contribution in [0.3, 0.4) is 0 Å². The second kappa shape index (κ2) is 14.7. The van der Waals surface area contributed by atoms with Gasteiger partial charge in [-0.15, -0.1) is 0 Å². The van der Waals surface area contributed by atoms with E-state index in [-0.39, 0.29) is 48.9 Å². The Bertz CT molecular complexity index is 596. The second-order valence-electron chi connectivity index (χ2n) is 5.43. The van der Waals surface area contributed by atoms with Gasteiger partial charge in [-0.1, -0.05) is 25.4 Å². The first kappa shape index (κ1) is 25.7. The van der Waals surface area contributed by atoms with Gasteiger partial charge < -0.3 is 19.5 Å². The van der Waals surface area contributed by atoms with Crippen molar-refractivity contribution in [1.29, 1.82) is 0 Å². The summed E-state index contributed by atoms with van der Waals surface area (Å²) in [5.41, 5.74) is 0. The average molecular weight is 410 g/mol. The first-order valence-electron chi connectivity index (χ1n) is 8.54. The molecule has 0 aliphatic heterocycles. The Morgan fingerprint density at radius 1 is 1.07 bits per heavy atom. The molecule has 0 saturated carbocycles. The number of nitrogens with one attached hydrogen (secondary N) is 1. The van der Waals surface area contributed by atoms with Crippen molar-refractivity contribution in [2.24, 2.45) is 0 Å². The molecule has 1 N–H and O–H groups in total. The molecule has 1 rings (SSSR count). The molecule has 1 aromatic carbocycles. The van der Waals surface area contributed by atoms with Crippen LogP contribution in [0.5, 0.6) is 5.75 Å². The molecular formula is C18H25ClNNaO6. The molecule has 1 atom stereocenters. The summed E-state index contributed by atoms with van der Waals surface area (Å²) in [5, 5.41) is 3.07. The van der Waals surface area contributed by atoms with Gasteiger partial charge >= 0.3 is 47.6 Å². The first-order chi connectivity index (χ1) is 12.4. The van der Waals surface area contributed by atoms with Gasteiger partial charge in [0.05, 0.1) is 0 Å². The molecule has 0 heterocycles. The fraction of sp³-hybridized carbons (Fsp3) is 0.500. The molecule has 1 aromatic rings. The summed E-state index contributed by atoms with van der Waals surface area (Å²) in [5.74, 6) is -0.434. The molecule has 0 bridgehead atoms. The molecule has 0 radical (unpaired) electrons. The van der Waals surface area contributed by atoms with Gasteiger partial charge in [-0.2, -0.15) is 0 Å².